The zero-order valence-corrected chi connectivity index (χ0v) is 10.9. The number of rotatable bonds is 3. The van der Waals surface area contributed by atoms with Crippen LogP contribution in [0.2, 0.25) is 0 Å². The zero-order chi connectivity index (χ0) is 14.2. The van der Waals surface area contributed by atoms with Gasteiger partial charge in [-0.15, -0.1) is 0 Å². The summed E-state index contributed by atoms with van der Waals surface area (Å²) in [4.78, 5) is 11.6. The summed E-state index contributed by atoms with van der Waals surface area (Å²) in [6, 6.07) is 0. The average molecular weight is 278 g/mol. The molecule has 0 amide bonds. The molecule has 2 heterocycles. The van der Waals surface area contributed by atoms with Crippen LogP contribution < -0.4 is 0 Å². The van der Waals surface area contributed by atoms with Gasteiger partial charge in [-0.1, -0.05) is 0 Å². The lowest BCUT2D eigenvalue weighted by molar-refractivity contribution is -0.274. The minimum Gasteiger partial charge on any atom is -0.465 e. The molecule has 0 bridgehead atoms. The highest BCUT2D eigenvalue weighted by Gasteiger charge is 2.59. The molecule has 2 aliphatic rings. The molecule has 0 spiro atoms. The number of hydrogen-bond acceptors (Lipinski definition) is 8. The molecule has 0 radical (unpaired) electrons. The Hall–Kier alpha value is -0.770. The van der Waals surface area contributed by atoms with E-state index in [4.69, 9.17) is 18.9 Å². The Morgan fingerprint density at radius 1 is 1.32 bits per heavy atom. The fourth-order valence-electron chi connectivity index (χ4n) is 2.34. The van der Waals surface area contributed by atoms with E-state index in [1.807, 2.05) is 0 Å². The largest absolute Gasteiger partial charge is 0.465 e. The van der Waals surface area contributed by atoms with Crippen molar-refractivity contribution in [2.24, 2.45) is 0 Å². The maximum absolute atomic E-state index is 11.6. The van der Waals surface area contributed by atoms with Gasteiger partial charge in [0.05, 0.1) is 13.7 Å². The number of esters is 1. The monoisotopic (exact) mass is 278 g/mol. The van der Waals surface area contributed by atoms with Gasteiger partial charge in [0.15, 0.2) is 6.29 Å². The average Bonchev–Trinajstić information content (AvgIpc) is 2.78. The zero-order valence-electron chi connectivity index (χ0n) is 10.9. The SMILES string of the molecule is COC(=O)[C@]1(C)O[C@@H]2[C@@H](O)[C@H](OC)O[C@H](CO)[C@@H]2O1. The number of fused-ring (bicyclic) bond motifs is 1. The van der Waals surface area contributed by atoms with Crippen molar-refractivity contribution in [1.29, 1.82) is 0 Å². The Balaban J connectivity index is 2.22. The first kappa shape index (κ1) is 14.6. The number of hydrogen-bond donors (Lipinski definition) is 2. The van der Waals surface area contributed by atoms with Crippen molar-refractivity contribution in [3.8, 4) is 0 Å². The smallest absolute Gasteiger partial charge is 0.366 e. The van der Waals surface area contributed by atoms with Gasteiger partial charge in [-0.25, -0.2) is 4.79 Å². The molecule has 8 nitrogen and oxygen atoms in total. The molecule has 0 aromatic rings. The number of aliphatic hydroxyl groups is 2. The molecular formula is C11H18O8. The van der Waals surface area contributed by atoms with Crippen LogP contribution in [0.25, 0.3) is 0 Å². The van der Waals surface area contributed by atoms with Crippen molar-refractivity contribution < 1.29 is 38.7 Å². The van der Waals surface area contributed by atoms with Gasteiger partial charge >= 0.3 is 5.97 Å². The molecule has 19 heavy (non-hydrogen) atoms. The summed E-state index contributed by atoms with van der Waals surface area (Å²) in [5.41, 5.74) is 0. The van der Waals surface area contributed by atoms with Crippen molar-refractivity contribution in [3.63, 3.8) is 0 Å². The van der Waals surface area contributed by atoms with Crippen LogP contribution in [0.3, 0.4) is 0 Å². The third-order valence-electron chi connectivity index (χ3n) is 3.30. The molecule has 6 atom stereocenters. The third-order valence-corrected chi connectivity index (χ3v) is 3.30. The lowest BCUT2D eigenvalue weighted by Crippen LogP contribution is -2.57. The van der Waals surface area contributed by atoms with Gasteiger partial charge in [-0.3, -0.25) is 0 Å². The van der Waals surface area contributed by atoms with E-state index in [0.29, 0.717) is 0 Å². The van der Waals surface area contributed by atoms with E-state index in [-0.39, 0.29) is 6.61 Å². The number of methoxy groups -OCH3 is 2. The first-order valence-electron chi connectivity index (χ1n) is 5.88. The topological polar surface area (TPSA) is 104 Å². The molecule has 8 heteroatoms. The van der Waals surface area contributed by atoms with Crippen molar-refractivity contribution in [2.45, 2.75) is 43.4 Å². The maximum atomic E-state index is 11.6. The van der Waals surface area contributed by atoms with Crippen LogP contribution in [0.4, 0.5) is 0 Å². The summed E-state index contributed by atoms with van der Waals surface area (Å²) in [5, 5.41) is 19.3. The summed E-state index contributed by atoms with van der Waals surface area (Å²) in [6.07, 6.45) is -4.48. The Morgan fingerprint density at radius 3 is 2.47 bits per heavy atom. The number of aliphatic hydroxyl groups excluding tert-OH is 2. The van der Waals surface area contributed by atoms with E-state index < -0.39 is 42.5 Å². The highest BCUT2D eigenvalue weighted by Crippen LogP contribution is 2.38. The van der Waals surface area contributed by atoms with Crippen LogP contribution in [-0.4, -0.2) is 73.5 Å². The van der Waals surface area contributed by atoms with E-state index in [1.54, 1.807) is 0 Å². The van der Waals surface area contributed by atoms with E-state index >= 15 is 0 Å². The Morgan fingerprint density at radius 2 is 1.95 bits per heavy atom. The second-order valence-electron chi connectivity index (χ2n) is 4.55. The molecular weight excluding hydrogens is 260 g/mol. The number of carbonyl (C=O) groups excluding carboxylic acids is 1. The van der Waals surface area contributed by atoms with E-state index in [0.717, 1.165) is 0 Å². The van der Waals surface area contributed by atoms with Crippen molar-refractivity contribution in [1.82, 2.24) is 0 Å². The normalized spacial score (nSPS) is 45.8. The lowest BCUT2D eigenvalue weighted by Gasteiger charge is -2.38. The fraction of sp³-hybridized carbons (Fsp3) is 0.909. The molecule has 0 aliphatic carbocycles. The van der Waals surface area contributed by atoms with Gasteiger partial charge in [-0.2, -0.15) is 0 Å². The maximum Gasteiger partial charge on any atom is 0.366 e. The molecule has 0 aromatic carbocycles. The molecule has 2 N–H and O–H groups in total. The lowest BCUT2D eigenvalue weighted by atomic mass is 9.99. The predicted molar refractivity (Wildman–Crippen MR) is 58.9 cm³/mol. The third kappa shape index (κ3) is 2.35. The fourth-order valence-corrected chi connectivity index (χ4v) is 2.34. The quantitative estimate of drug-likeness (QED) is 0.594. The van der Waals surface area contributed by atoms with Gasteiger partial charge in [0, 0.05) is 14.0 Å². The second-order valence-corrected chi connectivity index (χ2v) is 4.55. The summed E-state index contributed by atoms with van der Waals surface area (Å²) in [5.74, 6) is -2.36. The summed E-state index contributed by atoms with van der Waals surface area (Å²) in [7, 11) is 2.56. The summed E-state index contributed by atoms with van der Waals surface area (Å²) < 4.78 is 25.8. The molecule has 2 aliphatic heterocycles. The molecule has 110 valence electrons. The van der Waals surface area contributed by atoms with Gasteiger partial charge in [0.2, 0.25) is 0 Å². The molecule has 0 unspecified atom stereocenters. The molecule has 2 rings (SSSR count). The molecule has 2 saturated heterocycles. The number of ether oxygens (including phenoxy) is 5. The van der Waals surface area contributed by atoms with Crippen molar-refractivity contribution in [3.05, 3.63) is 0 Å². The first-order valence-corrected chi connectivity index (χ1v) is 5.88. The summed E-state index contributed by atoms with van der Waals surface area (Å²) >= 11 is 0. The van der Waals surface area contributed by atoms with Crippen LogP contribution in [0.1, 0.15) is 6.92 Å². The van der Waals surface area contributed by atoms with Crippen LogP contribution >= 0.6 is 0 Å². The van der Waals surface area contributed by atoms with Gasteiger partial charge in [0.25, 0.3) is 5.79 Å². The van der Waals surface area contributed by atoms with Crippen LogP contribution in [0.15, 0.2) is 0 Å². The van der Waals surface area contributed by atoms with Gasteiger partial charge in [0.1, 0.15) is 24.4 Å². The van der Waals surface area contributed by atoms with Gasteiger partial charge in [-0.05, 0) is 0 Å². The summed E-state index contributed by atoms with van der Waals surface area (Å²) in [6.45, 7) is 1.04. The standard InChI is InChI=1S/C11H18O8/c1-11(10(14)16-3)18-7-5(4-12)17-9(15-2)6(13)8(7)19-11/h5-9,12-13H,4H2,1-3H3/t5-,6-,7+,8-,9-,11+/m1/s1. The Bertz CT molecular complexity index is 348. The van der Waals surface area contributed by atoms with E-state index in [9.17, 15) is 15.0 Å². The van der Waals surface area contributed by atoms with Crippen molar-refractivity contribution in [2.75, 3.05) is 20.8 Å². The highest BCUT2D eigenvalue weighted by molar-refractivity contribution is 5.77. The highest BCUT2D eigenvalue weighted by atomic mass is 16.8. The molecule has 2 fully saturated rings. The van der Waals surface area contributed by atoms with E-state index in [1.165, 1.54) is 21.1 Å². The minimum atomic E-state index is -1.63. The Labute approximate surface area is 110 Å². The molecule has 0 aromatic heterocycles. The van der Waals surface area contributed by atoms with Gasteiger partial charge < -0.3 is 33.9 Å². The van der Waals surface area contributed by atoms with Crippen molar-refractivity contribution >= 4 is 5.97 Å². The second kappa shape index (κ2) is 5.31. The van der Waals surface area contributed by atoms with Crippen LogP contribution in [0.5, 0.6) is 0 Å². The van der Waals surface area contributed by atoms with Crippen LogP contribution in [0, 0.1) is 0 Å². The minimum absolute atomic E-state index is 0.353. The Kier molecular flexibility index (Phi) is 4.09. The number of carbonyl (C=O) groups is 1. The first-order chi connectivity index (χ1) is 8.96. The van der Waals surface area contributed by atoms with Crippen LogP contribution in [-0.2, 0) is 28.5 Å². The predicted octanol–water partition coefficient (Wildman–Crippen LogP) is -1.62. The van der Waals surface area contributed by atoms with E-state index in [2.05, 4.69) is 4.74 Å². The molecule has 0 saturated carbocycles.